The number of furan rings is 1. The molecule has 0 spiro atoms. The monoisotopic (exact) mass is 176 g/mol. The first-order valence-corrected chi connectivity index (χ1v) is 4.46. The molecule has 0 aliphatic rings. The average Bonchev–Trinajstić information content (AvgIpc) is 2.50. The SMILES string of the molecule is C=C(C)c1ccoc1C(=C)C(C)C. The summed E-state index contributed by atoms with van der Waals surface area (Å²) in [7, 11) is 0. The fourth-order valence-electron chi connectivity index (χ4n) is 1.16. The van der Waals surface area contributed by atoms with Crippen LogP contribution in [0.4, 0.5) is 0 Å². The molecule has 0 aromatic carbocycles. The molecule has 0 saturated heterocycles. The van der Waals surface area contributed by atoms with Gasteiger partial charge in [-0.1, -0.05) is 27.0 Å². The first-order valence-electron chi connectivity index (χ1n) is 4.46. The lowest BCUT2D eigenvalue weighted by Gasteiger charge is -2.08. The Morgan fingerprint density at radius 2 is 2.00 bits per heavy atom. The van der Waals surface area contributed by atoms with Gasteiger partial charge in [-0.3, -0.25) is 0 Å². The van der Waals surface area contributed by atoms with E-state index in [9.17, 15) is 0 Å². The van der Waals surface area contributed by atoms with Crippen LogP contribution in [0.1, 0.15) is 32.1 Å². The van der Waals surface area contributed by atoms with Crippen molar-refractivity contribution in [3.05, 3.63) is 36.8 Å². The van der Waals surface area contributed by atoms with Gasteiger partial charge in [-0.15, -0.1) is 0 Å². The molecule has 0 atom stereocenters. The van der Waals surface area contributed by atoms with Gasteiger partial charge in [0, 0.05) is 5.56 Å². The van der Waals surface area contributed by atoms with E-state index >= 15 is 0 Å². The molecule has 0 fully saturated rings. The smallest absolute Gasteiger partial charge is 0.136 e. The van der Waals surface area contributed by atoms with Gasteiger partial charge in [-0.05, 0) is 30.1 Å². The van der Waals surface area contributed by atoms with Gasteiger partial charge in [-0.2, -0.15) is 0 Å². The summed E-state index contributed by atoms with van der Waals surface area (Å²) < 4.78 is 5.39. The second-order valence-corrected chi connectivity index (χ2v) is 3.62. The van der Waals surface area contributed by atoms with Crippen LogP contribution in [-0.4, -0.2) is 0 Å². The summed E-state index contributed by atoms with van der Waals surface area (Å²) >= 11 is 0. The number of hydrogen-bond acceptors (Lipinski definition) is 1. The third-order valence-corrected chi connectivity index (χ3v) is 2.11. The summed E-state index contributed by atoms with van der Waals surface area (Å²) in [5.74, 6) is 1.28. The van der Waals surface area contributed by atoms with Crippen LogP contribution in [0.2, 0.25) is 0 Å². The molecule has 0 saturated carbocycles. The standard InChI is InChI=1S/C12H16O/c1-8(2)10(5)12-11(9(3)4)6-7-13-12/h6-8H,3,5H2,1-2,4H3. The molecular formula is C12H16O. The van der Waals surface area contributed by atoms with Crippen LogP contribution in [0.3, 0.4) is 0 Å². The molecule has 13 heavy (non-hydrogen) atoms. The maximum Gasteiger partial charge on any atom is 0.136 e. The summed E-state index contributed by atoms with van der Waals surface area (Å²) in [4.78, 5) is 0. The summed E-state index contributed by atoms with van der Waals surface area (Å²) in [6.07, 6.45) is 1.69. The van der Waals surface area contributed by atoms with Crippen molar-refractivity contribution in [2.45, 2.75) is 20.8 Å². The lowest BCUT2D eigenvalue weighted by molar-refractivity contribution is 0.544. The van der Waals surface area contributed by atoms with Crippen LogP contribution in [0.15, 0.2) is 29.9 Å². The van der Waals surface area contributed by atoms with E-state index in [-0.39, 0.29) is 0 Å². The maximum absolute atomic E-state index is 5.39. The lowest BCUT2D eigenvalue weighted by atomic mass is 9.98. The minimum Gasteiger partial charge on any atom is -0.464 e. The Bertz CT molecular complexity index is 329. The van der Waals surface area contributed by atoms with Gasteiger partial charge in [-0.25, -0.2) is 0 Å². The van der Waals surface area contributed by atoms with Crippen LogP contribution in [0, 0.1) is 5.92 Å². The molecular weight excluding hydrogens is 160 g/mol. The Hall–Kier alpha value is -1.24. The van der Waals surface area contributed by atoms with Crippen LogP contribution in [0.25, 0.3) is 11.1 Å². The van der Waals surface area contributed by atoms with E-state index in [1.54, 1.807) is 6.26 Å². The highest BCUT2D eigenvalue weighted by Gasteiger charge is 2.12. The molecule has 0 radical (unpaired) electrons. The zero-order valence-electron chi connectivity index (χ0n) is 8.55. The van der Waals surface area contributed by atoms with Crippen molar-refractivity contribution >= 4 is 11.1 Å². The fourth-order valence-corrected chi connectivity index (χ4v) is 1.16. The molecule has 0 aliphatic heterocycles. The van der Waals surface area contributed by atoms with Gasteiger partial charge >= 0.3 is 0 Å². The largest absolute Gasteiger partial charge is 0.464 e. The van der Waals surface area contributed by atoms with Crippen molar-refractivity contribution in [1.29, 1.82) is 0 Å². The molecule has 0 aliphatic carbocycles. The molecule has 0 unspecified atom stereocenters. The van der Waals surface area contributed by atoms with Gasteiger partial charge in [0.05, 0.1) is 6.26 Å². The molecule has 1 rings (SSSR count). The van der Waals surface area contributed by atoms with E-state index in [4.69, 9.17) is 4.42 Å². The molecule has 0 bridgehead atoms. The molecule has 1 nitrogen and oxygen atoms in total. The normalized spacial score (nSPS) is 10.5. The summed E-state index contributed by atoms with van der Waals surface area (Å²) in [5, 5.41) is 0. The molecule has 1 aromatic heterocycles. The highest BCUT2D eigenvalue weighted by Crippen LogP contribution is 2.28. The van der Waals surface area contributed by atoms with E-state index in [2.05, 4.69) is 27.0 Å². The van der Waals surface area contributed by atoms with Gasteiger partial charge < -0.3 is 4.42 Å². The zero-order chi connectivity index (χ0) is 10.0. The van der Waals surface area contributed by atoms with E-state index < -0.39 is 0 Å². The van der Waals surface area contributed by atoms with Crippen LogP contribution in [0.5, 0.6) is 0 Å². The maximum atomic E-state index is 5.39. The Kier molecular flexibility index (Phi) is 2.76. The molecule has 0 N–H and O–H groups in total. The Labute approximate surface area is 79.8 Å². The Morgan fingerprint density at radius 3 is 2.46 bits per heavy atom. The van der Waals surface area contributed by atoms with Crippen LogP contribution >= 0.6 is 0 Å². The van der Waals surface area contributed by atoms with Crippen molar-refractivity contribution in [1.82, 2.24) is 0 Å². The minimum atomic E-state index is 0.407. The van der Waals surface area contributed by atoms with Crippen LogP contribution in [-0.2, 0) is 0 Å². The Balaban J connectivity index is 3.08. The van der Waals surface area contributed by atoms with Crippen molar-refractivity contribution in [2.24, 2.45) is 5.92 Å². The van der Waals surface area contributed by atoms with Crippen molar-refractivity contribution in [3.63, 3.8) is 0 Å². The fraction of sp³-hybridized carbons (Fsp3) is 0.333. The molecule has 1 heterocycles. The zero-order valence-corrected chi connectivity index (χ0v) is 8.55. The molecule has 1 aromatic rings. The van der Waals surface area contributed by atoms with E-state index in [1.165, 1.54) is 0 Å². The van der Waals surface area contributed by atoms with Gasteiger partial charge in [0.1, 0.15) is 5.76 Å². The van der Waals surface area contributed by atoms with Gasteiger partial charge in [0.25, 0.3) is 0 Å². The van der Waals surface area contributed by atoms with E-state index in [0.717, 1.165) is 22.5 Å². The first kappa shape index (κ1) is 9.85. The highest BCUT2D eigenvalue weighted by atomic mass is 16.3. The predicted octanol–water partition coefficient (Wildman–Crippen LogP) is 3.98. The summed E-state index contributed by atoms with van der Waals surface area (Å²) in [5.41, 5.74) is 3.12. The second-order valence-electron chi connectivity index (χ2n) is 3.62. The third kappa shape index (κ3) is 1.92. The van der Waals surface area contributed by atoms with Crippen LogP contribution < -0.4 is 0 Å². The van der Waals surface area contributed by atoms with E-state index in [1.807, 2.05) is 13.0 Å². The number of hydrogen-bond donors (Lipinski definition) is 0. The second kappa shape index (κ2) is 3.65. The minimum absolute atomic E-state index is 0.407. The van der Waals surface area contributed by atoms with Crippen molar-refractivity contribution < 1.29 is 4.42 Å². The lowest BCUT2D eigenvalue weighted by Crippen LogP contribution is -1.92. The molecule has 1 heteroatoms. The van der Waals surface area contributed by atoms with Gasteiger partial charge in [0.2, 0.25) is 0 Å². The average molecular weight is 176 g/mol. The first-order chi connectivity index (χ1) is 6.04. The third-order valence-electron chi connectivity index (χ3n) is 2.11. The topological polar surface area (TPSA) is 13.1 Å². The summed E-state index contributed by atoms with van der Waals surface area (Å²) in [6.45, 7) is 14.1. The molecule has 0 amide bonds. The summed E-state index contributed by atoms with van der Waals surface area (Å²) in [6, 6.07) is 1.94. The Morgan fingerprint density at radius 1 is 1.38 bits per heavy atom. The van der Waals surface area contributed by atoms with Crippen molar-refractivity contribution in [3.8, 4) is 0 Å². The predicted molar refractivity (Wildman–Crippen MR) is 57.3 cm³/mol. The van der Waals surface area contributed by atoms with Crippen molar-refractivity contribution in [2.75, 3.05) is 0 Å². The van der Waals surface area contributed by atoms with E-state index in [0.29, 0.717) is 5.92 Å². The number of rotatable bonds is 3. The number of allylic oxidation sites excluding steroid dienone is 2. The molecule has 70 valence electrons. The van der Waals surface area contributed by atoms with Gasteiger partial charge in [0.15, 0.2) is 0 Å². The quantitative estimate of drug-likeness (QED) is 0.678. The highest BCUT2D eigenvalue weighted by molar-refractivity contribution is 5.74.